The van der Waals surface area contributed by atoms with Crippen LogP contribution in [0.4, 0.5) is 4.79 Å². The number of rotatable bonds is 6. The highest BCUT2D eigenvalue weighted by molar-refractivity contribution is 5.90. The molecule has 0 radical (unpaired) electrons. The van der Waals surface area contributed by atoms with E-state index in [2.05, 4.69) is 10.4 Å². The van der Waals surface area contributed by atoms with Crippen molar-refractivity contribution in [2.45, 2.75) is 26.4 Å². The summed E-state index contributed by atoms with van der Waals surface area (Å²) < 4.78 is 17.2. The molecule has 1 aliphatic heterocycles. The molecule has 0 spiro atoms. The van der Waals surface area contributed by atoms with E-state index in [-0.39, 0.29) is 12.6 Å². The first-order valence-electron chi connectivity index (χ1n) is 9.44. The van der Waals surface area contributed by atoms with Gasteiger partial charge in [-0.25, -0.2) is 9.59 Å². The van der Waals surface area contributed by atoms with Crippen LogP contribution in [-0.4, -0.2) is 54.1 Å². The number of amides is 2. The van der Waals surface area contributed by atoms with Crippen LogP contribution in [0, 0.1) is 0 Å². The highest BCUT2D eigenvalue weighted by atomic mass is 16.5. The maximum absolute atomic E-state index is 12.7. The minimum absolute atomic E-state index is 0.205. The molecule has 1 N–H and O–H groups in total. The molecule has 0 fully saturated rings. The van der Waals surface area contributed by atoms with Crippen molar-refractivity contribution in [3.63, 3.8) is 0 Å². The van der Waals surface area contributed by atoms with Crippen molar-refractivity contribution in [1.29, 1.82) is 0 Å². The summed E-state index contributed by atoms with van der Waals surface area (Å²) in [5, 5.41) is 7.33. The quantitative estimate of drug-likeness (QED) is 0.742. The van der Waals surface area contributed by atoms with Crippen molar-refractivity contribution in [2.75, 3.05) is 27.4 Å². The van der Waals surface area contributed by atoms with Crippen LogP contribution in [-0.2, 0) is 31.3 Å². The zero-order valence-corrected chi connectivity index (χ0v) is 17.2. The number of esters is 1. The largest absolute Gasteiger partial charge is 0.493 e. The third-order valence-corrected chi connectivity index (χ3v) is 4.84. The molecule has 0 saturated carbocycles. The average molecular weight is 402 g/mol. The number of fused-ring (bicyclic) bond motifs is 1. The number of ether oxygens (including phenoxy) is 3. The second-order valence-electron chi connectivity index (χ2n) is 6.64. The van der Waals surface area contributed by atoms with Gasteiger partial charge in [-0.15, -0.1) is 0 Å². The summed E-state index contributed by atoms with van der Waals surface area (Å²) in [6, 6.07) is 5.29. The van der Waals surface area contributed by atoms with Gasteiger partial charge in [0.05, 0.1) is 33.1 Å². The number of benzene rings is 1. The molecule has 2 aromatic rings. The Morgan fingerprint density at radius 3 is 2.66 bits per heavy atom. The lowest BCUT2D eigenvalue weighted by Crippen LogP contribution is -2.42. The third-order valence-electron chi connectivity index (χ3n) is 4.84. The lowest BCUT2D eigenvalue weighted by Gasteiger charge is -2.27. The molecule has 2 heterocycles. The number of aromatic nitrogens is 2. The Balaban J connectivity index is 1.67. The van der Waals surface area contributed by atoms with E-state index in [0.717, 1.165) is 16.8 Å². The van der Waals surface area contributed by atoms with Crippen LogP contribution in [0.5, 0.6) is 11.5 Å². The average Bonchev–Trinajstić information content (AvgIpc) is 3.06. The minimum Gasteiger partial charge on any atom is -0.493 e. The number of nitrogens with zero attached hydrogens (tertiary/aromatic N) is 3. The molecule has 29 heavy (non-hydrogen) atoms. The van der Waals surface area contributed by atoms with Crippen molar-refractivity contribution in [1.82, 2.24) is 20.0 Å². The first-order chi connectivity index (χ1) is 14.0. The molecular weight excluding hydrogens is 376 g/mol. The van der Waals surface area contributed by atoms with Crippen LogP contribution in [0.25, 0.3) is 0 Å². The molecule has 9 nitrogen and oxygen atoms in total. The first-order valence-corrected chi connectivity index (χ1v) is 9.44. The van der Waals surface area contributed by atoms with Gasteiger partial charge in [-0.2, -0.15) is 5.10 Å². The molecule has 0 aliphatic carbocycles. The molecule has 9 heteroatoms. The van der Waals surface area contributed by atoms with Crippen LogP contribution in [0.1, 0.15) is 34.2 Å². The number of methoxy groups -OCH3 is 2. The minimum atomic E-state index is -0.420. The van der Waals surface area contributed by atoms with Crippen molar-refractivity contribution in [2.24, 2.45) is 7.05 Å². The Bertz CT molecular complexity index is 909. The van der Waals surface area contributed by atoms with E-state index in [1.807, 2.05) is 12.1 Å². The SMILES string of the molecule is CCOC(=O)c1c2c(nn1C)CCN(C(=O)NCc1ccc(OC)c(OC)c1)C2. The molecule has 0 saturated heterocycles. The van der Waals surface area contributed by atoms with Gasteiger partial charge in [0.2, 0.25) is 0 Å². The van der Waals surface area contributed by atoms with Gasteiger partial charge in [-0.05, 0) is 24.6 Å². The van der Waals surface area contributed by atoms with Crippen LogP contribution in [0.3, 0.4) is 0 Å². The summed E-state index contributed by atoms with van der Waals surface area (Å²) >= 11 is 0. The molecule has 0 bridgehead atoms. The van der Waals surface area contributed by atoms with Gasteiger partial charge in [0.1, 0.15) is 0 Å². The van der Waals surface area contributed by atoms with Gasteiger partial charge in [0.25, 0.3) is 0 Å². The van der Waals surface area contributed by atoms with E-state index in [9.17, 15) is 9.59 Å². The number of aryl methyl sites for hydroxylation is 1. The summed E-state index contributed by atoms with van der Waals surface area (Å²) in [6.45, 7) is 3.24. The van der Waals surface area contributed by atoms with Crippen LogP contribution >= 0.6 is 0 Å². The summed E-state index contributed by atoms with van der Waals surface area (Å²) in [7, 11) is 4.86. The van der Waals surface area contributed by atoms with Gasteiger partial charge in [0.15, 0.2) is 17.2 Å². The molecular formula is C20H26N4O5. The standard InChI is InChI=1S/C20H26N4O5/c1-5-29-19(25)18-14-12-24(9-8-15(14)22-23(18)2)20(26)21-11-13-6-7-16(27-3)17(10-13)28-4/h6-7,10H,5,8-9,11-12H2,1-4H3,(H,21,26). The lowest BCUT2D eigenvalue weighted by atomic mass is 10.1. The zero-order valence-electron chi connectivity index (χ0n) is 17.2. The summed E-state index contributed by atoms with van der Waals surface area (Å²) in [6.07, 6.45) is 0.590. The van der Waals surface area contributed by atoms with Gasteiger partial charge in [-0.1, -0.05) is 6.07 Å². The summed E-state index contributed by atoms with van der Waals surface area (Å²) in [5.41, 5.74) is 2.87. The summed E-state index contributed by atoms with van der Waals surface area (Å²) in [4.78, 5) is 26.6. The second kappa shape index (κ2) is 8.85. The van der Waals surface area contributed by atoms with Crippen molar-refractivity contribution >= 4 is 12.0 Å². The molecule has 1 aromatic heterocycles. The molecule has 1 aromatic carbocycles. The van der Waals surface area contributed by atoms with E-state index in [0.29, 0.717) is 43.2 Å². The fourth-order valence-electron chi connectivity index (χ4n) is 3.41. The Labute approximate surface area is 169 Å². The van der Waals surface area contributed by atoms with Crippen molar-refractivity contribution in [3.05, 3.63) is 40.7 Å². The third kappa shape index (κ3) is 4.28. The van der Waals surface area contributed by atoms with Gasteiger partial charge >= 0.3 is 12.0 Å². The number of nitrogens with one attached hydrogen (secondary N) is 1. The maximum atomic E-state index is 12.7. The Morgan fingerprint density at radius 2 is 1.97 bits per heavy atom. The van der Waals surface area contributed by atoms with E-state index in [4.69, 9.17) is 14.2 Å². The fraction of sp³-hybridized carbons (Fsp3) is 0.450. The second-order valence-corrected chi connectivity index (χ2v) is 6.64. The zero-order chi connectivity index (χ0) is 21.0. The smallest absolute Gasteiger partial charge is 0.356 e. The Morgan fingerprint density at radius 1 is 1.21 bits per heavy atom. The van der Waals surface area contributed by atoms with Crippen molar-refractivity contribution < 1.29 is 23.8 Å². The molecule has 0 unspecified atom stereocenters. The highest BCUT2D eigenvalue weighted by Crippen LogP contribution is 2.27. The molecule has 156 valence electrons. The predicted molar refractivity (Wildman–Crippen MR) is 105 cm³/mol. The van der Waals surface area contributed by atoms with Crippen LogP contribution in [0.2, 0.25) is 0 Å². The Hall–Kier alpha value is -3.23. The van der Waals surface area contributed by atoms with Crippen molar-refractivity contribution in [3.8, 4) is 11.5 Å². The van der Waals surface area contributed by atoms with Crippen LogP contribution in [0.15, 0.2) is 18.2 Å². The number of urea groups is 1. The number of carbonyl (C=O) groups excluding carboxylic acids is 2. The fourth-order valence-corrected chi connectivity index (χ4v) is 3.41. The van der Waals surface area contributed by atoms with Gasteiger partial charge in [-0.3, -0.25) is 4.68 Å². The van der Waals surface area contributed by atoms with Gasteiger partial charge in [0, 0.05) is 32.1 Å². The number of carbonyl (C=O) groups is 2. The summed E-state index contributed by atoms with van der Waals surface area (Å²) in [5.74, 6) is 0.821. The molecule has 1 aliphatic rings. The predicted octanol–water partition coefficient (Wildman–Crippen LogP) is 1.88. The molecule has 0 atom stereocenters. The monoisotopic (exact) mass is 402 g/mol. The lowest BCUT2D eigenvalue weighted by molar-refractivity contribution is 0.0511. The normalized spacial score (nSPS) is 12.9. The van der Waals surface area contributed by atoms with E-state index < -0.39 is 5.97 Å². The van der Waals surface area contributed by atoms with E-state index in [1.54, 1.807) is 39.2 Å². The van der Waals surface area contributed by atoms with Gasteiger partial charge < -0.3 is 24.4 Å². The van der Waals surface area contributed by atoms with E-state index >= 15 is 0 Å². The first kappa shape index (κ1) is 20.5. The van der Waals surface area contributed by atoms with Crippen LogP contribution < -0.4 is 14.8 Å². The number of hydrogen-bond acceptors (Lipinski definition) is 6. The number of hydrogen-bond donors (Lipinski definition) is 1. The Kier molecular flexibility index (Phi) is 6.26. The molecule has 3 rings (SSSR count). The maximum Gasteiger partial charge on any atom is 0.356 e. The highest BCUT2D eigenvalue weighted by Gasteiger charge is 2.29. The molecule has 2 amide bonds. The topological polar surface area (TPSA) is 94.9 Å². The van der Waals surface area contributed by atoms with E-state index in [1.165, 1.54) is 4.68 Å².